The molecule has 1 aliphatic rings. The van der Waals surface area contributed by atoms with E-state index in [2.05, 4.69) is 18.3 Å². The molecule has 0 aliphatic heterocycles. The zero-order valence-corrected chi connectivity index (χ0v) is 12.6. The van der Waals surface area contributed by atoms with Crippen LogP contribution in [0.3, 0.4) is 0 Å². The largest absolute Gasteiger partial charge is 0.497 e. The van der Waals surface area contributed by atoms with Crippen molar-refractivity contribution in [3.8, 4) is 5.75 Å². The fourth-order valence-electron chi connectivity index (χ4n) is 2.56. The monoisotopic (exact) mass is 279 g/mol. The highest BCUT2D eigenvalue weighted by Gasteiger charge is 2.41. The molecule has 0 bridgehead atoms. The summed E-state index contributed by atoms with van der Waals surface area (Å²) < 4.78 is 16.7. The molecule has 1 aromatic rings. The smallest absolute Gasteiger partial charge is 0.119 e. The third kappa shape index (κ3) is 3.72. The van der Waals surface area contributed by atoms with Crippen molar-refractivity contribution < 1.29 is 14.2 Å². The van der Waals surface area contributed by atoms with E-state index in [9.17, 15) is 0 Å². The summed E-state index contributed by atoms with van der Waals surface area (Å²) in [6.07, 6.45) is 2.50. The summed E-state index contributed by atoms with van der Waals surface area (Å²) in [5.41, 5.74) is 1.13. The van der Waals surface area contributed by atoms with Crippen molar-refractivity contribution in [2.75, 3.05) is 20.8 Å². The molecule has 1 saturated carbocycles. The van der Waals surface area contributed by atoms with Gasteiger partial charge < -0.3 is 19.5 Å². The van der Waals surface area contributed by atoms with E-state index in [1.807, 2.05) is 18.2 Å². The average Bonchev–Trinajstić information content (AvgIpc) is 2.46. The SMILES string of the molecule is CCCNC1CC(OCc2cccc(OC)c2)C1OC. The second-order valence-corrected chi connectivity index (χ2v) is 5.20. The minimum atomic E-state index is 0.159. The van der Waals surface area contributed by atoms with Crippen molar-refractivity contribution in [3.05, 3.63) is 29.8 Å². The van der Waals surface area contributed by atoms with Crippen molar-refractivity contribution in [2.45, 2.75) is 44.6 Å². The number of hydrogen-bond acceptors (Lipinski definition) is 4. The summed E-state index contributed by atoms with van der Waals surface area (Å²) in [6.45, 7) is 3.81. The van der Waals surface area contributed by atoms with Crippen LogP contribution >= 0.6 is 0 Å². The van der Waals surface area contributed by atoms with Gasteiger partial charge in [-0.1, -0.05) is 19.1 Å². The van der Waals surface area contributed by atoms with Crippen LogP contribution < -0.4 is 10.1 Å². The first-order valence-electron chi connectivity index (χ1n) is 7.29. The van der Waals surface area contributed by atoms with E-state index in [0.29, 0.717) is 12.6 Å². The van der Waals surface area contributed by atoms with Crippen molar-refractivity contribution in [1.82, 2.24) is 5.32 Å². The van der Waals surface area contributed by atoms with Gasteiger partial charge in [0.2, 0.25) is 0 Å². The number of methoxy groups -OCH3 is 2. The van der Waals surface area contributed by atoms with Crippen LogP contribution in [0.1, 0.15) is 25.3 Å². The minimum absolute atomic E-state index is 0.159. The van der Waals surface area contributed by atoms with E-state index in [1.54, 1.807) is 14.2 Å². The molecule has 1 aliphatic carbocycles. The van der Waals surface area contributed by atoms with Crippen LogP contribution in [0.15, 0.2) is 24.3 Å². The predicted molar refractivity (Wildman–Crippen MR) is 79.1 cm³/mol. The second-order valence-electron chi connectivity index (χ2n) is 5.20. The van der Waals surface area contributed by atoms with E-state index in [0.717, 1.165) is 30.7 Å². The van der Waals surface area contributed by atoms with Crippen molar-refractivity contribution >= 4 is 0 Å². The summed E-state index contributed by atoms with van der Waals surface area (Å²) in [5, 5.41) is 3.49. The van der Waals surface area contributed by atoms with E-state index in [-0.39, 0.29) is 12.2 Å². The Morgan fingerprint density at radius 2 is 2.15 bits per heavy atom. The average molecular weight is 279 g/mol. The Morgan fingerprint density at radius 3 is 2.85 bits per heavy atom. The molecular weight excluding hydrogens is 254 g/mol. The van der Waals surface area contributed by atoms with Gasteiger partial charge in [-0.3, -0.25) is 0 Å². The fraction of sp³-hybridized carbons (Fsp3) is 0.625. The van der Waals surface area contributed by atoms with E-state index < -0.39 is 0 Å². The normalized spacial score (nSPS) is 25.2. The van der Waals surface area contributed by atoms with Gasteiger partial charge in [-0.25, -0.2) is 0 Å². The van der Waals surface area contributed by atoms with Crippen LogP contribution in [0.5, 0.6) is 5.75 Å². The highest BCUT2D eigenvalue weighted by atomic mass is 16.5. The molecule has 4 nitrogen and oxygen atoms in total. The summed E-state index contributed by atoms with van der Waals surface area (Å²) in [7, 11) is 3.43. The molecule has 1 N–H and O–H groups in total. The minimum Gasteiger partial charge on any atom is -0.497 e. The van der Waals surface area contributed by atoms with Crippen LogP contribution in [-0.2, 0) is 16.1 Å². The molecular formula is C16H25NO3. The van der Waals surface area contributed by atoms with Gasteiger partial charge >= 0.3 is 0 Å². The molecule has 0 saturated heterocycles. The van der Waals surface area contributed by atoms with Crippen LogP contribution in [0.2, 0.25) is 0 Å². The van der Waals surface area contributed by atoms with Crippen LogP contribution in [-0.4, -0.2) is 39.0 Å². The zero-order chi connectivity index (χ0) is 14.4. The molecule has 0 heterocycles. The lowest BCUT2D eigenvalue weighted by Gasteiger charge is -2.43. The standard InChI is InChI=1S/C16H25NO3/c1-4-8-17-14-10-15(16(14)19-3)20-11-12-6-5-7-13(9-12)18-2/h5-7,9,14-17H,4,8,10-11H2,1-3H3. The quantitative estimate of drug-likeness (QED) is 0.793. The lowest BCUT2D eigenvalue weighted by molar-refractivity contribution is -0.139. The highest BCUT2D eigenvalue weighted by Crippen LogP contribution is 2.28. The maximum absolute atomic E-state index is 5.96. The van der Waals surface area contributed by atoms with Crippen molar-refractivity contribution in [2.24, 2.45) is 0 Å². The lowest BCUT2D eigenvalue weighted by atomic mass is 9.85. The molecule has 0 amide bonds. The fourth-order valence-corrected chi connectivity index (χ4v) is 2.56. The maximum Gasteiger partial charge on any atom is 0.119 e. The Bertz CT molecular complexity index is 410. The molecule has 0 radical (unpaired) electrons. The third-order valence-corrected chi connectivity index (χ3v) is 3.78. The molecule has 20 heavy (non-hydrogen) atoms. The van der Waals surface area contributed by atoms with Crippen molar-refractivity contribution in [3.63, 3.8) is 0 Å². The summed E-state index contributed by atoms with van der Waals surface area (Å²) in [5.74, 6) is 0.866. The van der Waals surface area contributed by atoms with Gasteiger partial charge in [0.25, 0.3) is 0 Å². The van der Waals surface area contributed by atoms with Gasteiger partial charge in [-0.2, -0.15) is 0 Å². The van der Waals surface area contributed by atoms with Gasteiger partial charge in [0.05, 0.1) is 25.9 Å². The first kappa shape index (κ1) is 15.3. The summed E-state index contributed by atoms with van der Waals surface area (Å²) in [4.78, 5) is 0. The Kier molecular flexibility index (Phi) is 5.83. The van der Waals surface area contributed by atoms with Gasteiger partial charge in [-0.05, 0) is 37.1 Å². The third-order valence-electron chi connectivity index (χ3n) is 3.78. The van der Waals surface area contributed by atoms with Gasteiger partial charge in [0.15, 0.2) is 0 Å². The van der Waals surface area contributed by atoms with Crippen LogP contribution in [0.4, 0.5) is 0 Å². The molecule has 3 unspecified atom stereocenters. The van der Waals surface area contributed by atoms with E-state index in [1.165, 1.54) is 0 Å². The molecule has 3 atom stereocenters. The molecule has 4 heteroatoms. The topological polar surface area (TPSA) is 39.7 Å². The number of nitrogens with one attached hydrogen (secondary N) is 1. The molecule has 0 spiro atoms. The maximum atomic E-state index is 5.96. The highest BCUT2D eigenvalue weighted by molar-refractivity contribution is 5.27. The molecule has 1 fully saturated rings. The lowest BCUT2D eigenvalue weighted by Crippen LogP contribution is -2.59. The predicted octanol–water partition coefficient (Wildman–Crippen LogP) is 2.37. The van der Waals surface area contributed by atoms with Gasteiger partial charge in [0, 0.05) is 13.2 Å². The summed E-state index contributed by atoms with van der Waals surface area (Å²) in [6, 6.07) is 8.41. The zero-order valence-electron chi connectivity index (χ0n) is 12.6. The Morgan fingerprint density at radius 1 is 1.30 bits per heavy atom. The van der Waals surface area contributed by atoms with Gasteiger partial charge in [-0.15, -0.1) is 0 Å². The van der Waals surface area contributed by atoms with Crippen LogP contribution in [0, 0.1) is 0 Å². The Labute approximate surface area is 121 Å². The molecule has 2 rings (SSSR count). The molecule has 1 aromatic carbocycles. The Balaban J connectivity index is 1.79. The molecule has 0 aromatic heterocycles. The first-order chi connectivity index (χ1) is 9.78. The summed E-state index contributed by atoms with van der Waals surface area (Å²) >= 11 is 0. The number of hydrogen-bond donors (Lipinski definition) is 1. The number of ether oxygens (including phenoxy) is 3. The van der Waals surface area contributed by atoms with E-state index >= 15 is 0 Å². The first-order valence-corrected chi connectivity index (χ1v) is 7.29. The second kappa shape index (κ2) is 7.62. The number of benzene rings is 1. The Hall–Kier alpha value is -1.10. The van der Waals surface area contributed by atoms with Crippen LogP contribution in [0.25, 0.3) is 0 Å². The van der Waals surface area contributed by atoms with Gasteiger partial charge in [0.1, 0.15) is 5.75 Å². The molecule has 112 valence electrons. The van der Waals surface area contributed by atoms with E-state index in [4.69, 9.17) is 14.2 Å². The van der Waals surface area contributed by atoms with Crippen molar-refractivity contribution in [1.29, 1.82) is 0 Å². The number of rotatable bonds is 8.